The van der Waals surface area contributed by atoms with Crippen molar-refractivity contribution in [3.05, 3.63) is 72.3 Å². The molecule has 54 heavy (non-hydrogen) atoms. The Bertz CT molecular complexity index is 1900. The molecule has 0 unspecified atom stereocenters. The lowest BCUT2D eigenvalue weighted by Gasteiger charge is -2.29. The molecule has 0 saturated heterocycles. The number of amides is 3. The van der Waals surface area contributed by atoms with Crippen LogP contribution in [0.25, 0.3) is 16.9 Å². The SMILES string of the molecule is CC(C)Cc1nc(-c2ccccc2)cn2c(CC(=O)N[C@@H](CC3CCCCC3)C(=O)C(F)(F)C(=O)N[C@@H](CC(C)C)C(=O)NCc3ncccn3)nnc12. The van der Waals surface area contributed by atoms with Crippen LogP contribution in [0.15, 0.2) is 55.0 Å². The van der Waals surface area contributed by atoms with Crippen molar-refractivity contribution in [3.63, 3.8) is 0 Å². The molecule has 0 bridgehead atoms. The van der Waals surface area contributed by atoms with Crippen molar-refractivity contribution in [2.24, 2.45) is 17.8 Å². The normalized spacial score (nSPS) is 14.9. The first-order chi connectivity index (χ1) is 25.8. The van der Waals surface area contributed by atoms with Gasteiger partial charge in [0.1, 0.15) is 17.7 Å². The van der Waals surface area contributed by atoms with Crippen molar-refractivity contribution in [1.29, 1.82) is 0 Å². The van der Waals surface area contributed by atoms with Crippen molar-refractivity contribution in [3.8, 4) is 11.3 Å². The van der Waals surface area contributed by atoms with Crippen molar-refractivity contribution >= 4 is 29.2 Å². The summed E-state index contributed by atoms with van der Waals surface area (Å²) >= 11 is 0. The van der Waals surface area contributed by atoms with Gasteiger partial charge in [0.2, 0.25) is 17.6 Å². The molecule has 1 fully saturated rings. The molecule has 3 amide bonds. The van der Waals surface area contributed by atoms with Crippen LogP contribution in [-0.2, 0) is 38.6 Å². The first-order valence-corrected chi connectivity index (χ1v) is 18.7. The summed E-state index contributed by atoms with van der Waals surface area (Å²) in [5.41, 5.74) is 2.67. The Labute approximate surface area is 313 Å². The van der Waals surface area contributed by atoms with E-state index in [4.69, 9.17) is 4.98 Å². The van der Waals surface area contributed by atoms with E-state index < -0.39 is 41.5 Å². The molecule has 1 aliphatic carbocycles. The van der Waals surface area contributed by atoms with Gasteiger partial charge in [-0.05, 0) is 43.1 Å². The minimum Gasteiger partial charge on any atom is -0.347 e. The first kappa shape index (κ1) is 40.0. The number of aromatic nitrogens is 6. The van der Waals surface area contributed by atoms with Gasteiger partial charge in [-0.25, -0.2) is 15.0 Å². The minimum absolute atomic E-state index is 0.0342. The van der Waals surface area contributed by atoms with Crippen LogP contribution < -0.4 is 16.0 Å². The zero-order valence-electron chi connectivity index (χ0n) is 31.2. The van der Waals surface area contributed by atoms with Crippen LogP contribution in [0.4, 0.5) is 8.78 Å². The van der Waals surface area contributed by atoms with Crippen LogP contribution in [0.2, 0.25) is 0 Å². The van der Waals surface area contributed by atoms with Crippen LogP contribution in [0.5, 0.6) is 0 Å². The van der Waals surface area contributed by atoms with Gasteiger partial charge in [0.25, 0.3) is 5.91 Å². The van der Waals surface area contributed by atoms with E-state index in [-0.39, 0.29) is 49.4 Å². The van der Waals surface area contributed by atoms with Gasteiger partial charge in [-0.1, -0.05) is 90.1 Å². The maximum atomic E-state index is 15.9. The van der Waals surface area contributed by atoms with Crippen LogP contribution >= 0.6 is 0 Å². The summed E-state index contributed by atoms with van der Waals surface area (Å²) in [6.07, 6.45) is 9.10. The lowest BCUT2D eigenvalue weighted by Crippen LogP contribution is -2.58. The van der Waals surface area contributed by atoms with Crippen LogP contribution in [0.3, 0.4) is 0 Å². The third-order valence-electron chi connectivity index (χ3n) is 9.43. The number of rotatable bonds is 17. The van der Waals surface area contributed by atoms with Gasteiger partial charge in [0, 0.05) is 24.2 Å². The molecule has 5 rings (SSSR count). The van der Waals surface area contributed by atoms with Gasteiger partial charge < -0.3 is 16.0 Å². The lowest BCUT2D eigenvalue weighted by atomic mass is 9.83. The Morgan fingerprint density at radius 3 is 2.26 bits per heavy atom. The third kappa shape index (κ3) is 10.5. The second kappa shape index (κ2) is 18.2. The summed E-state index contributed by atoms with van der Waals surface area (Å²) in [7, 11) is 0. The molecule has 288 valence electrons. The number of fused-ring (bicyclic) bond motifs is 1. The predicted molar refractivity (Wildman–Crippen MR) is 197 cm³/mol. The number of nitrogens with one attached hydrogen (secondary N) is 3. The molecular formula is C39H49F2N9O4. The van der Waals surface area contributed by atoms with E-state index in [1.807, 2.05) is 30.3 Å². The molecule has 1 aromatic carbocycles. The zero-order chi connectivity index (χ0) is 38.8. The molecule has 13 nitrogen and oxygen atoms in total. The highest BCUT2D eigenvalue weighted by Crippen LogP contribution is 2.30. The summed E-state index contributed by atoms with van der Waals surface area (Å²) in [6, 6.07) is 8.10. The summed E-state index contributed by atoms with van der Waals surface area (Å²) in [5.74, 6) is -9.11. The van der Waals surface area contributed by atoms with E-state index in [1.165, 1.54) is 12.4 Å². The van der Waals surface area contributed by atoms with Crippen molar-refractivity contribution in [2.45, 2.75) is 110 Å². The van der Waals surface area contributed by atoms with Gasteiger partial charge in [-0.15, -0.1) is 10.2 Å². The van der Waals surface area contributed by atoms with E-state index >= 15 is 8.78 Å². The van der Waals surface area contributed by atoms with Crippen LogP contribution in [-0.4, -0.2) is 71.1 Å². The largest absolute Gasteiger partial charge is 0.383 e. The molecule has 3 heterocycles. The molecular weight excluding hydrogens is 696 g/mol. The van der Waals surface area contributed by atoms with E-state index in [0.717, 1.165) is 24.8 Å². The Balaban J connectivity index is 1.35. The van der Waals surface area contributed by atoms with Gasteiger partial charge >= 0.3 is 5.92 Å². The molecule has 4 aromatic rings. The number of carbonyl (C=O) groups excluding carboxylic acids is 4. The Hall–Kier alpha value is -5.21. The number of alkyl halides is 2. The van der Waals surface area contributed by atoms with E-state index in [1.54, 1.807) is 30.5 Å². The van der Waals surface area contributed by atoms with Gasteiger partial charge in [-0.3, -0.25) is 23.6 Å². The second-order valence-electron chi connectivity index (χ2n) is 14.9. The monoisotopic (exact) mass is 745 g/mol. The molecule has 1 aliphatic rings. The number of carbonyl (C=O) groups is 4. The highest BCUT2D eigenvalue weighted by molar-refractivity contribution is 6.11. The lowest BCUT2D eigenvalue weighted by molar-refractivity contribution is -0.161. The highest BCUT2D eigenvalue weighted by atomic mass is 19.3. The Morgan fingerprint density at radius 2 is 1.59 bits per heavy atom. The van der Waals surface area contributed by atoms with E-state index in [9.17, 15) is 19.2 Å². The van der Waals surface area contributed by atoms with Gasteiger partial charge in [0.05, 0.1) is 30.4 Å². The topological polar surface area (TPSA) is 173 Å². The minimum atomic E-state index is -4.55. The average molecular weight is 746 g/mol. The van der Waals surface area contributed by atoms with Crippen molar-refractivity contribution in [1.82, 2.24) is 45.5 Å². The second-order valence-corrected chi connectivity index (χ2v) is 14.9. The molecule has 0 aliphatic heterocycles. The van der Waals surface area contributed by atoms with Crippen molar-refractivity contribution in [2.75, 3.05) is 0 Å². The number of benzene rings is 1. The van der Waals surface area contributed by atoms with E-state index in [2.05, 4.69) is 50.0 Å². The molecule has 3 N–H and O–H groups in total. The van der Waals surface area contributed by atoms with Gasteiger partial charge in [-0.2, -0.15) is 8.78 Å². The maximum absolute atomic E-state index is 15.9. The number of Topliss-reactive ketones (excluding diaryl/α,β-unsaturated/α-hetero) is 1. The standard InChI is InChI=1S/C39H49F2N9O4/c1-24(2)18-29-36-49-48-33(50(36)23-31(45-29)27-14-9-6-10-15-27)21-34(51)46-28(20-26-12-7-5-8-13-26)35(52)39(40,41)38(54)47-30(19-25(3)4)37(53)44-22-32-42-16-11-17-43-32/h6,9-11,14-17,23-26,28,30H,5,7-8,12-13,18-22H2,1-4H3,(H,44,53)(H,46,51)(H,47,54)/t28-,30-/m0/s1. The molecule has 3 aromatic heterocycles. The summed E-state index contributed by atoms with van der Waals surface area (Å²) in [6.45, 7) is 7.57. The third-order valence-corrected chi connectivity index (χ3v) is 9.43. The summed E-state index contributed by atoms with van der Waals surface area (Å²) < 4.78 is 33.5. The quantitative estimate of drug-likeness (QED) is 0.128. The molecule has 0 radical (unpaired) electrons. The van der Waals surface area contributed by atoms with Crippen molar-refractivity contribution < 1.29 is 28.0 Å². The molecule has 0 spiro atoms. The van der Waals surface area contributed by atoms with Gasteiger partial charge in [0.15, 0.2) is 5.65 Å². The van der Waals surface area contributed by atoms with Crippen LogP contribution in [0.1, 0.15) is 90.0 Å². The molecule has 15 heteroatoms. The smallest absolute Gasteiger partial charge is 0.347 e. The Kier molecular flexibility index (Phi) is 13.5. The highest BCUT2D eigenvalue weighted by Gasteiger charge is 2.51. The molecule has 1 saturated carbocycles. The maximum Gasteiger partial charge on any atom is 0.383 e. The van der Waals surface area contributed by atoms with Crippen LogP contribution in [0, 0.1) is 17.8 Å². The number of halogens is 2. The Morgan fingerprint density at radius 1 is 0.889 bits per heavy atom. The number of hydrogen-bond donors (Lipinski definition) is 3. The number of hydrogen-bond acceptors (Lipinski definition) is 9. The summed E-state index contributed by atoms with van der Waals surface area (Å²) in [4.78, 5) is 66.5. The fraction of sp³-hybridized carbons (Fsp3) is 0.513. The fourth-order valence-corrected chi connectivity index (χ4v) is 6.76. The fourth-order valence-electron chi connectivity index (χ4n) is 6.76. The molecule has 2 atom stereocenters. The summed E-state index contributed by atoms with van der Waals surface area (Å²) in [5, 5.41) is 15.8. The average Bonchev–Trinajstić information content (AvgIpc) is 3.56. The first-order valence-electron chi connectivity index (χ1n) is 18.7. The predicted octanol–water partition coefficient (Wildman–Crippen LogP) is 4.83. The zero-order valence-corrected chi connectivity index (χ0v) is 31.2. The number of nitrogens with zero attached hydrogens (tertiary/aromatic N) is 6. The van der Waals surface area contributed by atoms with E-state index in [0.29, 0.717) is 42.1 Å². The number of ketones is 1.